The predicted octanol–water partition coefficient (Wildman–Crippen LogP) is 1.96. The minimum absolute atomic E-state index is 0.354. The molecule has 0 amide bonds. The fourth-order valence-electron chi connectivity index (χ4n) is 2.44. The lowest BCUT2D eigenvalue weighted by molar-refractivity contribution is 0.150. The van der Waals surface area contributed by atoms with Crippen molar-refractivity contribution < 1.29 is 5.11 Å². The number of fused-ring (bicyclic) bond motifs is 1. The van der Waals surface area contributed by atoms with Crippen LogP contribution in [0.1, 0.15) is 42.6 Å². The second-order valence-electron chi connectivity index (χ2n) is 4.91. The number of aromatic amines is 1. The van der Waals surface area contributed by atoms with Gasteiger partial charge in [0.1, 0.15) is 0 Å². The molecule has 1 saturated carbocycles. The van der Waals surface area contributed by atoms with Crippen LogP contribution in [0.15, 0.2) is 6.07 Å². The van der Waals surface area contributed by atoms with E-state index in [-0.39, 0.29) is 5.60 Å². The lowest BCUT2D eigenvalue weighted by atomic mass is 9.98. The standard InChI is InChI=1S/C12H17NO/c14-12(5-6-12)8-10-7-9-3-1-2-4-11(9)13-10/h7,13-14H,1-6,8H2. The van der Waals surface area contributed by atoms with Gasteiger partial charge in [0.25, 0.3) is 0 Å². The Balaban J connectivity index is 1.81. The van der Waals surface area contributed by atoms with Crippen LogP contribution in [0.5, 0.6) is 0 Å². The molecule has 1 heterocycles. The fraction of sp³-hybridized carbons (Fsp3) is 0.667. The van der Waals surface area contributed by atoms with Gasteiger partial charge < -0.3 is 10.1 Å². The van der Waals surface area contributed by atoms with E-state index in [1.54, 1.807) is 0 Å². The molecule has 2 nitrogen and oxygen atoms in total. The number of nitrogens with one attached hydrogen (secondary N) is 1. The third kappa shape index (κ3) is 1.48. The summed E-state index contributed by atoms with van der Waals surface area (Å²) in [7, 11) is 0. The van der Waals surface area contributed by atoms with Gasteiger partial charge in [-0.1, -0.05) is 0 Å². The molecule has 14 heavy (non-hydrogen) atoms. The predicted molar refractivity (Wildman–Crippen MR) is 55.3 cm³/mol. The highest BCUT2D eigenvalue weighted by Gasteiger charge is 2.40. The third-order valence-electron chi connectivity index (χ3n) is 3.52. The summed E-state index contributed by atoms with van der Waals surface area (Å²) in [6, 6.07) is 2.27. The van der Waals surface area contributed by atoms with Crippen molar-refractivity contribution in [3.63, 3.8) is 0 Å². The van der Waals surface area contributed by atoms with E-state index in [2.05, 4.69) is 11.1 Å². The molecule has 0 saturated heterocycles. The average molecular weight is 191 g/mol. The van der Waals surface area contributed by atoms with Gasteiger partial charge in [-0.05, 0) is 50.2 Å². The zero-order chi connectivity index (χ0) is 9.60. The molecule has 1 fully saturated rings. The molecule has 0 radical (unpaired) electrons. The fourth-order valence-corrected chi connectivity index (χ4v) is 2.44. The Morgan fingerprint density at radius 1 is 1.29 bits per heavy atom. The maximum absolute atomic E-state index is 9.82. The molecule has 2 heteroatoms. The first-order chi connectivity index (χ1) is 6.75. The first-order valence-electron chi connectivity index (χ1n) is 5.67. The molecule has 2 N–H and O–H groups in total. The van der Waals surface area contributed by atoms with Gasteiger partial charge in [-0.3, -0.25) is 0 Å². The van der Waals surface area contributed by atoms with E-state index in [1.165, 1.54) is 42.6 Å². The van der Waals surface area contributed by atoms with Crippen LogP contribution in [0.2, 0.25) is 0 Å². The maximum Gasteiger partial charge on any atom is 0.0704 e. The molecular formula is C12H17NO. The minimum atomic E-state index is -0.354. The van der Waals surface area contributed by atoms with E-state index in [0.29, 0.717) is 0 Å². The third-order valence-corrected chi connectivity index (χ3v) is 3.52. The van der Waals surface area contributed by atoms with Crippen LogP contribution in [0.4, 0.5) is 0 Å². The van der Waals surface area contributed by atoms with Crippen molar-refractivity contribution in [3.05, 3.63) is 23.0 Å². The number of aromatic nitrogens is 1. The summed E-state index contributed by atoms with van der Waals surface area (Å²) in [6.45, 7) is 0. The van der Waals surface area contributed by atoms with Crippen LogP contribution in [0.25, 0.3) is 0 Å². The summed E-state index contributed by atoms with van der Waals surface area (Å²) in [5.41, 5.74) is 3.82. The molecule has 76 valence electrons. The number of H-pyrrole nitrogens is 1. The lowest BCUT2D eigenvalue weighted by Gasteiger charge is -2.09. The van der Waals surface area contributed by atoms with Crippen molar-refractivity contribution in [3.8, 4) is 0 Å². The Morgan fingerprint density at radius 3 is 2.79 bits per heavy atom. The molecule has 0 aliphatic heterocycles. The summed E-state index contributed by atoms with van der Waals surface area (Å²) in [4.78, 5) is 3.47. The zero-order valence-corrected chi connectivity index (χ0v) is 8.47. The second-order valence-corrected chi connectivity index (χ2v) is 4.91. The van der Waals surface area contributed by atoms with E-state index < -0.39 is 0 Å². The van der Waals surface area contributed by atoms with Crippen molar-refractivity contribution in [2.75, 3.05) is 0 Å². The van der Waals surface area contributed by atoms with Crippen molar-refractivity contribution in [2.45, 2.75) is 50.5 Å². The van der Waals surface area contributed by atoms with Crippen molar-refractivity contribution in [2.24, 2.45) is 0 Å². The molecule has 2 aliphatic rings. The maximum atomic E-state index is 9.82. The van der Waals surface area contributed by atoms with Crippen LogP contribution in [-0.4, -0.2) is 15.7 Å². The van der Waals surface area contributed by atoms with Gasteiger partial charge >= 0.3 is 0 Å². The van der Waals surface area contributed by atoms with E-state index in [4.69, 9.17) is 0 Å². The summed E-state index contributed by atoms with van der Waals surface area (Å²) < 4.78 is 0. The topological polar surface area (TPSA) is 36.0 Å². The van der Waals surface area contributed by atoms with E-state index in [9.17, 15) is 5.11 Å². The summed E-state index contributed by atoms with van der Waals surface area (Å²) in [5.74, 6) is 0. The van der Waals surface area contributed by atoms with Gasteiger partial charge in [-0.15, -0.1) is 0 Å². The van der Waals surface area contributed by atoms with E-state index in [1.807, 2.05) is 0 Å². The molecule has 0 spiro atoms. The monoisotopic (exact) mass is 191 g/mol. The van der Waals surface area contributed by atoms with Gasteiger partial charge in [0.15, 0.2) is 0 Å². The summed E-state index contributed by atoms with van der Waals surface area (Å²) in [6.07, 6.45) is 7.87. The number of aryl methyl sites for hydroxylation is 2. The van der Waals surface area contributed by atoms with Gasteiger partial charge in [-0.2, -0.15) is 0 Å². The zero-order valence-electron chi connectivity index (χ0n) is 8.47. The molecule has 3 rings (SSSR count). The average Bonchev–Trinajstić information content (AvgIpc) is 2.77. The Bertz CT molecular complexity index is 326. The highest BCUT2D eigenvalue weighted by molar-refractivity contribution is 5.29. The largest absolute Gasteiger partial charge is 0.389 e. The van der Waals surface area contributed by atoms with Crippen LogP contribution in [0.3, 0.4) is 0 Å². The highest BCUT2D eigenvalue weighted by Crippen LogP contribution is 2.38. The molecule has 0 bridgehead atoms. The molecule has 1 aromatic heterocycles. The van der Waals surface area contributed by atoms with E-state index in [0.717, 1.165) is 19.3 Å². The Kier molecular flexibility index (Phi) is 1.75. The molecule has 0 aromatic carbocycles. The second kappa shape index (κ2) is 2.86. The first-order valence-corrected chi connectivity index (χ1v) is 5.67. The molecule has 1 aromatic rings. The van der Waals surface area contributed by atoms with Crippen molar-refractivity contribution in [1.29, 1.82) is 0 Å². The van der Waals surface area contributed by atoms with Gasteiger partial charge in [0.2, 0.25) is 0 Å². The quantitative estimate of drug-likeness (QED) is 0.736. The molecule has 0 unspecified atom stereocenters. The smallest absolute Gasteiger partial charge is 0.0704 e. The minimum Gasteiger partial charge on any atom is -0.389 e. The van der Waals surface area contributed by atoms with Crippen LogP contribution < -0.4 is 0 Å². The number of hydrogen-bond donors (Lipinski definition) is 2. The first kappa shape index (κ1) is 8.54. The summed E-state index contributed by atoms with van der Waals surface area (Å²) in [5, 5.41) is 9.82. The van der Waals surface area contributed by atoms with Crippen LogP contribution in [-0.2, 0) is 19.3 Å². The number of rotatable bonds is 2. The number of hydrogen-bond acceptors (Lipinski definition) is 1. The van der Waals surface area contributed by atoms with Gasteiger partial charge in [-0.25, -0.2) is 0 Å². The SMILES string of the molecule is OC1(Cc2cc3c([nH]2)CCCC3)CC1. The van der Waals surface area contributed by atoms with E-state index >= 15 is 0 Å². The number of aliphatic hydroxyl groups is 1. The molecule has 0 atom stereocenters. The van der Waals surface area contributed by atoms with Crippen LogP contribution >= 0.6 is 0 Å². The van der Waals surface area contributed by atoms with Crippen molar-refractivity contribution >= 4 is 0 Å². The van der Waals surface area contributed by atoms with Crippen LogP contribution in [0, 0.1) is 0 Å². The van der Waals surface area contributed by atoms with Gasteiger partial charge in [0, 0.05) is 17.8 Å². The van der Waals surface area contributed by atoms with Crippen molar-refractivity contribution in [1.82, 2.24) is 4.98 Å². The normalized spacial score (nSPS) is 23.2. The summed E-state index contributed by atoms with van der Waals surface area (Å²) >= 11 is 0. The van der Waals surface area contributed by atoms with Gasteiger partial charge in [0.05, 0.1) is 5.60 Å². The molecular weight excluding hydrogens is 174 g/mol. The highest BCUT2D eigenvalue weighted by atomic mass is 16.3. The Hall–Kier alpha value is -0.760. The molecule has 2 aliphatic carbocycles. The Morgan fingerprint density at radius 2 is 2.07 bits per heavy atom. The lowest BCUT2D eigenvalue weighted by Crippen LogP contribution is -2.10. The Labute approximate surface area is 84.3 Å².